The van der Waals surface area contributed by atoms with E-state index < -0.39 is 0 Å². The van der Waals surface area contributed by atoms with Gasteiger partial charge in [-0.3, -0.25) is 0 Å². The van der Waals surface area contributed by atoms with Gasteiger partial charge in [0.05, 0.1) is 17.6 Å². The van der Waals surface area contributed by atoms with Crippen LogP contribution in [0.5, 0.6) is 5.75 Å². The minimum Gasteiger partial charge on any atom is -0.489 e. The number of nitrogens with two attached hydrogens (primary N) is 1. The van der Waals surface area contributed by atoms with Crippen LogP contribution in [0, 0.1) is 0 Å². The molecule has 0 bridgehead atoms. The molecule has 1 fully saturated rings. The van der Waals surface area contributed by atoms with Gasteiger partial charge in [0, 0.05) is 61.8 Å². The molecule has 1 unspecified atom stereocenters. The molecule has 3 aromatic carbocycles. The Hall–Kier alpha value is -2.44. The van der Waals surface area contributed by atoms with Gasteiger partial charge >= 0.3 is 0 Å². The SMILES string of the molecule is NC1CCN(CCCOc2c3[nH]c4ccc(Cl)cc4c3cc3c2[nH]c2ccc(Cl)cc23)C1. The Labute approximate surface area is 195 Å². The summed E-state index contributed by atoms with van der Waals surface area (Å²) in [6.45, 7) is 3.68. The molecular weight excluding hydrogens is 443 g/mol. The second-order valence-corrected chi connectivity index (χ2v) is 9.60. The van der Waals surface area contributed by atoms with Crippen LogP contribution in [0.1, 0.15) is 12.8 Å². The summed E-state index contributed by atoms with van der Waals surface area (Å²) in [6.07, 6.45) is 2.03. The Morgan fingerprint density at radius 2 is 1.53 bits per heavy atom. The lowest BCUT2D eigenvalue weighted by molar-refractivity contribution is 0.265. The van der Waals surface area contributed by atoms with Crippen molar-refractivity contribution in [3.63, 3.8) is 0 Å². The Kier molecular flexibility index (Phi) is 4.95. The summed E-state index contributed by atoms with van der Waals surface area (Å²) in [5.41, 5.74) is 10.1. The highest BCUT2D eigenvalue weighted by molar-refractivity contribution is 6.33. The number of rotatable bonds is 5. The quantitative estimate of drug-likeness (QED) is 0.275. The van der Waals surface area contributed by atoms with Crippen LogP contribution in [0.25, 0.3) is 43.6 Å². The molecule has 0 amide bonds. The minimum atomic E-state index is 0.306. The van der Waals surface area contributed by atoms with E-state index in [9.17, 15) is 0 Å². The molecule has 0 saturated carbocycles. The van der Waals surface area contributed by atoms with E-state index in [0.29, 0.717) is 22.7 Å². The maximum absolute atomic E-state index is 6.45. The highest BCUT2D eigenvalue weighted by Crippen LogP contribution is 2.41. The van der Waals surface area contributed by atoms with Crippen LogP contribution in [0.3, 0.4) is 0 Å². The van der Waals surface area contributed by atoms with Gasteiger partial charge in [-0.25, -0.2) is 0 Å². The zero-order chi connectivity index (χ0) is 21.8. The van der Waals surface area contributed by atoms with Crippen LogP contribution in [0.2, 0.25) is 10.0 Å². The molecule has 32 heavy (non-hydrogen) atoms. The van der Waals surface area contributed by atoms with Gasteiger partial charge < -0.3 is 25.3 Å². The first-order valence-corrected chi connectivity index (χ1v) is 11.8. The van der Waals surface area contributed by atoms with Crippen LogP contribution < -0.4 is 10.5 Å². The Morgan fingerprint density at radius 1 is 0.906 bits per heavy atom. The number of benzene rings is 3. The van der Waals surface area contributed by atoms with Crippen LogP contribution in [0.4, 0.5) is 0 Å². The fourth-order valence-corrected chi connectivity index (χ4v) is 5.31. The molecule has 5 aromatic rings. The van der Waals surface area contributed by atoms with Crippen molar-refractivity contribution in [2.24, 2.45) is 5.73 Å². The van der Waals surface area contributed by atoms with Crippen LogP contribution in [0.15, 0.2) is 42.5 Å². The highest BCUT2D eigenvalue weighted by Gasteiger charge is 2.20. The van der Waals surface area contributed by atoms with Crippen molar-refractivity contribution in [1.29, 1.82) is 0 Å². The number of hydrogen-bond donors (Lipinski definition) is 3. The first-order valence-electron chi connectivity index (χ1n) is 11.0. The number of likely N-dealkylation sites (tertiary alicyclic amines) is 1. The Bertz CT molecular complexity index is 1380. The minimum absolute atomic E-state index is 0.306. The molecule has 7 heteroatoms. The van der Waals surface area contributed by atoms with Crippen molar-refractivity contribution in [3.05, 3.63) is 52.5 Å². The number of ether oxygens (including phenoxy) is 1. The van der Waals surface area contributed by atoms with Crippen molar-refractivity contribution in [2.45, 2.75) is 18.9 Å². The standard InChI is InChI=1S/C25H24Cl2N4O/c26-14-2-4-21-17(10-14)19-12-20-18-11-15(27)3-5-22(18)30-24(20)25(23(19)29-21)32-9-1-7-31-8-6-16(28)13-31/h2-5,10-12,16,29-30H,1,6-9,13,28H2. The summed E-state index contributed by atoms with van der Waals surface area (Å²) in [7, 11) is 0. The van der Waals surface area contributed by atoms with Gasteiger partial charge in [-0.15, -0.1) is 0 Å². The van der Waals surface area contributed by atoms with Crippen LogP contribution >= 0.6 is 23.2 Å². The second-order valence-electron chi connectivity index (χ2n) is 8.73. The molecule has 164 valence electrons. The number of nitrogens with zero attached hydrogens (tertiary/aromatic N) is 1. The summed E-state index contributed by atoms with van der Waals surface area (Å²) in [5, 5.41) is 5.79. The van der Waals surface area contributed by atoms with Gasteiger partial charge in [0.15, 0.2) is 5.75 Å². The van der Waals surface area contributed by atoms with Gasteiger partial charge in [0.1, 0.15) is 0 Å². The van der Waals surface area contributed by atoms with E-state index in [4.69, 9.17) is 33.7 Å². The summed E-state index contributed by atoms with van der Waals surface area (Å²) in [5.74, 6) is 0.843. The van der Waals surface area contributed by atoms with E-state index in [-0.39, 0.29) is 0 Å². The third-order valence-corrected chi connectivity index (χ3v) is 6.99. The summed E-state index contributed by atoms with van der Waals surface area (Å²) in [4.78, 5) is 9.52. The predicted molar refractivity (Wildman–Crippen MR) is 134 cm³/mol. The molecule has 1 atom stereocenters. The lowest BCUT2D eigenvalue weighted by Gasteiger charge is -2.15. The number of nitrogens with one attached hydrogen (secondary N) is 2. The molecule has 1 aliphatic rings. The van der Waals surface area contributed by atoms with E-state index in [1.807, 2.05) is 36.4 Å². The molecule has 0 radical (unpaired) electrons. The molecule has 0 spiro atoms. The van der Waals surface area contributed by atoms with Gasteiger partial charge in [-0.1, -0.05) is 23.2 Å². The Balaban J connectivity index is 1.45. The zero-order valence-electron chi connectivity index (χ0n) is 17.6. The number of aromatic amines is 2. The Morgan fingerprint density at radius 3 is 2.09 bits per heavy atom. The topological polar surface area (TPSA) is 70.1 Å². The van der Waals surface area contributed by atoms with Gasteiger partial charge in [-0.2, -0.15) is 0 Å². The van der Waals surface area contributed by atoms with Gasteiger partial charge in [0.25, 0.3) is 0 Å². The summed E-state index contributed by atoms with van der Waals surface area (Å²) < 4.78 is 6.45. The first kappa shape index (κ1) is 20.2. The molecule has 3 heterocycles. The lowest BCUT2D eigenvalue weighted by atomic mass is 10.1. The van der Waals surface area contributed by atoms with Crippen molar-refractivity contribution < 1.29 is 4.74 Å². The van der Waals surface area contributed by atoms with Crippen molar-refractivity contribution in [1.82, 2.24) is 14.9 Å². The van der Waals surface area contributed by atoms with Gasteiger partial charge in [0.2, 0.25) is 0 Å². The fraction of sp³-hybridized carbons (Fsp3) is 0.280. The van der Waals surface area contributed by atoms with E-state index in [1.54, 1.807) is 0 Å². The maximum Gasteiger partial charge on any atom is 0.167 e. The molecule has 0 aliphatic carbocycles. The van der Waals surface area contributed by atoms with Crippen molar-refractivity contribution in [2.75, 3.05) is 26.2 Å². The smallest absolute Gasteiger partial charge is 0.167 e. The normalized spacial score (nSPS) is 17.4. The van der Waals surface area contributed by atoms with E-state index in [0.717, 1.165) is 81.8 Å². The highest BCUT2D eigenvalue weighted by atomic mass is 35.5. The molecule has 6 rings (SSSR count). The van der Waals surface area contributed by atoms with E-state index >= 15 is 0 Å². The molecule has 1 saturated heterocycles. The summed E-state index contributed by atoms with van der Waals surface area (Å²) >= 11 is 12.6. The van der Waals surface area contributed by atoms with E-state index in [1.165, 1.54) is 0 Å². The molecule has 5 nitrogen and oxygen atoms in total. The van der Waals surface area contributed by atoms with Crippen LogP contribution in [-0.4, -0.2) is 47.2 Å². The number of H-pyrrole nitrogens is 2. The van der Waals surface area contributed by atoms with Crippen molar-refractivity contribution in [3.8, 4) is 5.75 Å². The fourth-order valence-electron chi connectivity index (χ4n) is 4.97. The number of halogens is 2. The third kappa shape index (κ3) is 3.41. The van der Waals surface area contributed by atoms with Crippen molar-refractivity contribution >= 4 is 66.8 Å². The largest absolute Gasteiger partial charge is 0.489 e. The molecular formula is C25H24Cl2N4O. The summed E-state index contributed by atoms with van der Waals surface area (Å²) in [6, 6.07) is 14.4. The molecule has 2 aromatic heterocycles. The zero-order valence-corrected chi connectivity index (χ0v) is 19.1. The number of hydrogen-bond acceptors (Lipinski definition) is 3. The first-order chi connectivity index (χ1) is 15.6. The van der Waals surface area contributed by atoms with Gasteiger partial charge in [-0.05, 0) is 61.9 Å². The maximum atomic E-state index is 6.45. The van der Waals surface area contributed by atoms with Crippen LogP contribution in [-0.2, 0) is 0 Å². The molecule has 4 N–H and O–H groups in total. The number of fused-ring (bicyclic) bond motifs is 6. The second kappa shape index (κ2) is 7.85. The average Bonchev–Trinajstić information content (AvgIpc) is 3.46. The molecule has 1 aliphatic heterocycles. The average molecular weight is 467 g/mol. The van der Waals surface area contributed by atoms with E-state index in [2.05, 4.69) is 20.9 Å². The third-order valence-electron chi connectivity index (χ3n) is 6.52. The predicted octanol–water partition coefficient (Wildman–Crippen LogP) is 6.06. The number of aromatic nitrogens is 2. The lowest BCUT2D eigenvalue weighted by Crippen LogP contribution is -2.28. The monoisotopic (exact) mass is 466 g/mol.